The van der Waals surface area contributed by atoms with E-state index < -0.39 is 5.54 Å². The van der Waals surface area contributed by atoms with Crippen LogP contribution in [0.25, 0.3) is 0 Å². The molecule has 1 aromatic rings. The molecule has 0 spiro atoms. The Kier molecular flexibility index (Phi) is 3.33. The molecule has 0 atom stereocenters. The number of Topliss-reactive ketones (excluding diaryl/α,β-unsaturated/α-hetero) is 1. The lowest BCUT2D eigenvalue weighted by molar-refractivity contribution is 0.0569. The van der Waals surface area contributed by atoms with Gasteiger partial charge >= 0.3 is 0 Å². The fourth-order valence-electron chi connectivity index (χ4n) is 2.51. The minimum absolute atomic E-state index is 0.166. The van der Waals surface area contributed by atoms with Gasteiger partial charge in [0.05, 0.1) is 5.54 Å². The van der Waals surface area contributed by atoms with Gasteiger partial charge in [0.1, 0.15) is 5.69 Å². The van der Waals surface area contributed by atoms with E-state index in [-0.39, 0.29) is 5.78 Å². The van der Waals surface area contributed by atoms with Crippen LogP contribution in [0.4, 0.5) is 0 Å². The number of ketones is 1. The summed E-state index contributed by atoms with van der Waals surface area (Å²) < 4.78 is 1.66. The first kappa shape index (κ1) is 12.3. The molecule has 0 radical (unpaired) electrons. The molecule has 0 saturated carbocycles. The van der Waals surface area contributed by atoms with Gasteiger partial charge in [-0.3, -0.25) is 14.4 Å². The highest BCUT2D eigenvalue weighted by atomic mass is 16.1. The number of carbonyl (C=O) groups excluding carboxylic acids is 1. The predicted octanol–water partition coefficient (Wildman–Crippen LogP) is 1.87. The molecule has 0 aliphatic carbocycles. The highest BCUT2D eigenvalue weighted by Crippen LogP contribution is 2.24. The Bertz CT molecular complexity index is 403. The maximum Gasteiger partial charge on any atom is 0.200 e. The summed E-state index contributed by atoms with van der Waals surface area (Å²) in [5.41, 5.74) is 0.273. The fraction of sp³-hybridized carbons (Fsp3) is 0.692. The van der Waals surface area contributed by atoms with Crippen LogP contribution in [0.5, 0.6) is 0 Å². The molecule has 0 bridgehead atoms. The Morgan fingerprint density at radius 1 is 1.29 bits per heavy atom. The van der Waals surface area contributed by atoms with Crippen molar-refractivity contribution >= 4 is 5.78 Å². The summed E-state index contributed by atoms with van der Waals surface area (Å²) in [4.78, 5) is 14.8. The molecule has 17 heavy (non-hydrogen) atoms. The minimum atomic E-state index is -0.422. The van der Waals surface area contributed by atoms with Crippen LogP contribution < -0.4 is 0 Å². The van der Waals surface area contributed by atoms with Crippen LogP contribution in [0.15, 0.2) is 12.3 Å². The number of hydrogen-bond donors (Lipinski definition) is 0. The molecule has 94 valence electrons. The van der Waals surface area contributed by atoms with Gasteiger partial charge in [0.25, 0.3) is 0 Å². The SMILES string of the molecule is Cn1nccc1C(=O)C(C)(C)N1CCCCC1. The van der Waals surface area contributed by atoms with Gasteiger partial charge in [0.2, 0.25) is 0 Å². The number of rotatable bonds is 3. The van der Waals surface area contributed by atoms with E-state index in [9.17, 15) is 4.79 Å². The first-order valence-electron chi connectivity index (χ1n) is 6.31. The third-order valence-corrected chi connectivity index (χ3v) is 3.76. The van der Waals surface area contributed by atoms with Crippen molar-refractivity contribution < 1.29 is 4.79 Å². The molecule has 1 aliphatic heterocycles. The van der Waals surface area contributed by atoms with Crippen molar-refractivity contribution in [2.75, 3.05) is 13.1 Å². The van der Waals surface area contributed by atoms with E-state index in [0.717, 1.165) is 13.1 Å². The second-order valence-electron chi connectivity index (χ2n) is 5.28. The number of nitrogens with zero attached hydrogens (tertiary/aromatic N) is 3. The minimum Gasteiger partial charge on any atom is -0.291 e. The molecule has 1 aliphatic rings. The zero-order valence-corrected chi connectivity index (χ0v) is 10.9. The van der Waals surface area contributed by atoms with Crippen molar-refractivity contribution in [3.8, 4) is 0 Å². The third-order valence-electron chi connectivity index (χ3n) is 3.76. The number of piperidine rings is 1. The third kappa shape index (κ3) is 2.27. The maximum absolute atomic E-state index is 12.5. The van der Waals surface area contributed by atoms with E-state index in [1.807, 2.05) is 20.9 Å². The Balaban J connectivity index is 2.19. The van der Waals surface area contributed by atoms with Crippen molar-refractivity contribution in [2.45, 2.75) is 38.6 Å². The summed E-state index contributed by atoms with van der Waals surface area (Å²) >= 11 is 0. The lowest BCUT2D eigenvalue weighted by Gasteiger charge is -2.39. The second-order valence-corrected chi connectivity index (χ2v) is 5.28. The summed E-state index contributed by atoms with van der Waals surface area (Å²) in [5.74, 6) is 0.166. The van der Waals surface area contributed by atoms with Gasteiger partial charge in [-0.05, 0) is 45.8 Å². The van der Waals surface area contributed by atoms with Crippen LogP contribution in [0.3, 0.4) is 0 Å². The molecule has 4 nitrogen and oxygen atoms in total. The average Bonchev–Trinajstić information content (AvgIpc) is 2.75. The van der Waals surface area contributed by atoms with Crippen molar-refractivity contribution in [1.29, 1.82) is 0 Å². The van der Waals surface area contributed by atoms with E-state index in [0.29, 0.717) is 5.69 Å². The number of aromatic nitrogens is 2. The van der Waals surface area contributed by atoms with Gasteiger partial charge in [0, 0.05) is 13.2 Å². The smallest absolute Gasteiger partial charge is 0.200 e. The van der Waals surface area contributed by atoms with Crippen LogP contribution in [0, 0.1) is 0 Å². The Morgan fingerprint density at radius 2 is 1.94 bits per heavy atom. The average molecular weight is 235 g/mol. The Labute approximate surface area is 103 Å². The molecule has 0 unspecified atom stereocenters. The highest BCUT2D eigenvalue weighted by molar-refractivity contribution is 6.01. The summed E-state index contributed by atoms with van der Waals surface area (Å²) in [6.45, 7) is 6.09. The summed E-state index contributed by atoms with van der Waals surface area (Å²) in [5, 5.41) is 4.07. The Morgan fingerprint density at radius 3 is 2.47 bits per heavy atom. The van der Waals surface area contributed by atoms with Crippen LogP contribution in [0.2, 0.25) is 0 Å². The molecular formula is C13H21N3O. The molecule has 0 amide bonds. The summed E-state index contributed by atoms with van der Waals surface area (Å²) in [7, 11) is 1.82. The van der Waals surface area contributed by atoms with Gasteiger partial charge in [-0.25, -0.2) is 0 Å². The molecule has 0 aromatic carbocycles. The van der Waals surface area contributed by atoms with Crippen LogP contribution >= 0.6 is 0 Å². The topological polar surface area (TPSA) is 38.1 Å². The molecular weight excluding hydrogens is 214 g/mol. The van der Waals surface area contributed by atoms with Gasteiger partial charge in [-0.15, -0.1) is 0 Å². The van der Waals surface area contributed by atoms with Crippen LogP contribution in [-0.4, -0.2) is 39.1 Å². The number of carbonyl (C=O) groups is 1. The molecule has 2 rings (SSSR count). The largest absolute Gasteiger partial charge is 0.291 e. The molecule has 2 heterocycles. The van der Waals surface area contributed by atoms with E-state index in [4.69, 9.17) is 0 Å². The number of hydrogen-bond acceptors (Lipinski definition) is 3. The van der Waals surface area contributed by atoms with E-state index in [1.54, 1.807) is 16.9 Å². The Hall–Kier alpha value is -1.16. The van der Waals surface area contributed by atoms with Crippen LogP contribution in [-0.2, 0) is 7.05 Å². The molecule has 1 fully saturated rings. The first-order chi connectivity index (χ1) is 8.03. The normalized spacial score (nSPS) is 18.3. The monoisotopic (exact) mass is 235 g/mol. The zero-order valence-electron chi connectivity index (χ0n) is 10.9. The van der Waals surface area contributed by atoms with E-state index in [2.05, 4.69) is 10.00 Å². The lowest BCUT2D eigenvalue weighted by atomic mass is 9.92. The fourth-order valence-corrected chi connectivity index (χ4v) is 2.51. The lowest BCUT2D eigenvalue weighted by Crippen LogP contribution is -2.52. The number of likely N-dealkylation sites (tertiary alicyclic amines) is 1. The molecule has 1 saturated heterocycles. The maximum atomic E-state index is 12.5. The quantitative estimate of drug-likeness (QED) is 0.751. The van der Waals surface area contributed by atoms with E-state index in [1.165, 1.54) is 19.3 Å². The molecule has 0 N–H and O–H groups in total. The molecule has 1 aromatic heterocycles. The first-order valence-corrected chi connectivity index (χ1v) is 6.31. The van der Waals surface area contributed by atoms with Crippen LogP contribution in [0.1, 0.15) is 43.6 Å². The van der Waals surface area contributed by atoms with Gasteiger partial charge < -0.3 is 0 Å². The van der Waals surface area contributed by atoms with Gasteiger partial charge in [-0.1, -0.05) is 6.42 Å². The standard InChI is InChI=1S/C13H21N3O/c1-13(2,16-9-5-4-6-10-16)12(17)11-7-8-14-15(11)3/h7-8H,4-6,9-10H2,1-3H3. The van der Waals surface area contributed by atoms with Gasteiger partial charge in [0.15, 0.2) is 5.78 Å². The second kappa shape index (κ2) is 4.61. The van der Waals surface area contributed by atoms with Crippen molar-refractivity contribution in [3.05, 3.63) is 18.0 Å². The summed E-state index contributed by atoms with van der Waals surface area (Å²) in [6, 6.07) is 1.80. The van der Waals surface area contributed by atoms with Crippen molar-refractivity contribution in [3.63, 3.8) is 0 Å². The van der Waals surface area contributed by atoms with Crippen molar-refractivity contribution in [1.82, 2.24) is 14.7 Å². The zero-order chi connectivity index (χ0) is 12.5. The van der Waals surface area contributed by atoms with E-state index >= 15 is 0 Å². The highest BCUT2D eigenvalue weighted by Gasteiger charge is 2.36. The predicted molar refractivity (Wildman–Crippen MR) is 67.0 cm³/mol. The summed E-state index contributed by atoms with van der Waals surface area (Å²) in [6.07, 6.45) is 5.36. The van der Waals surface area contributed by atoms with Crippen molar-refractivity contribution in [2.24, 2.45) is 7.05 Å². The van der Waals surface area contributed by atoms with Gasteiger partial charge in [-0.2, -0.15) is 5.10 Å². The molecule has 4 heteroatoms. The number of aryl methyl sites for hydroxylation is 1.